The van der Waals surface area contributed by atoms with Crippen molar-refractivity contribution in [2.45, 2.75) is 39.2 Å². The van der Waals surface area contributed by atoms with Gasteiger partial charge in [-0.15, -0.1) is 0 Å². The predicted molar refractivity (Wildman–Crippen MR) is 106 cm³/mol. The van der Waals surface area contributed by atoms with Gasteiger partial charge in [0.15, 0.2) is 0 Å². The Balaban J connectivity index is 1.89. The van der Waals surface area contributed by atoms with Crippen LogP contribution in [0.25, 0.3) is 0 Å². The second kappa shape index (κ2) is 7.36. The number of benzene rings is 2. The highest BCUT2D eigenvalue weighted by molar-refractivity contribution is 6.31. The van der Waals surface area contributed by atoms with Gasteiger partial charge in [0.2, 0.25) is 0 Å². The van der Waals surface area contributed by atoms with Crippen LogP contribution >= 0.6 is 11.6 Å². The Morgan fingerprint density at radius 2 is 2.04 bits per heavy atom. The average Bonchev–Trinajstić information content (AvgIpc) is 2.58. The number of anilines is 3. The minimum Gasteiger partial charge on any atom is -0.399 e. The molecule has 0 aromatic heterocycles. The topological polar surface area (TPSA) is 58.4 Å². The summed E-state index contributed by atoms with van der Waals surface area (Å²) in [6.45, 7) is 5.13. The molecule has 1 heterocycles. The molecule has 1 fully saturated rings. The molecule has 1 aliphatic heterocycles. The third-order valence-corrected chi connectivity index (χ3v) is 5.22. The summed E-state index contributed by atoms with van der Waals surface area (Å²) in [5, 5.41) is 3.60. The summed E-state index contributed by atoms with van der Waals surface area (Å²) >= 11 is 6.15. The Bertz CT molecular complexity index is 791. The van der Waals surface area contributed by atoms with Crippen molar-refractivity contribution in [2.24, 2.45) is 0 Å². The summed E-state index contributed by atoms with van der Waals surface area (Å²) in [5.74, 6) is -0.182. The molecule has 0 aliphatic carbocycles. The standard InChI is InChI=1S/C20H24ClN3O/c1-13-6-7-15(11-17(13)21)20(25)23-18-12-16(22)8-9-19(18)24-10-4-3-5-14(24)2/h6-9,11-12,14H,3-5,10,22H2,1-2H3,(H,23,25)/t14-/m1/s1. The van der Waals surface area contributed by atoms with Crippen molar-refractivity contribution in [3.05, 3.63) is 52.5 Å². The van der Waals surface area contributed by atoms with Gasteiger partial charge in [0.05, 0.1) is 11.4 Å². The highest BCUT2D eigenvalue weighted by Crippen LogP contribution is 2.33. The molecule has 3 N–H and O–H groups in total. The van der Waals surface area contributed by atoms with E-state index in [0.717, 1.165) is 36.3 Å². The Morgan fingerprint density at radius 3 is 2.76 bits per heavy atom. The van der Waals surface area contributed by atoms with Gasteiger partial charge < -0.3 is 16.0 Å². The van der Waals surface area contributed by atoms with Gasteiger partial charge in [0.25, 0.3) is 5.91 Å². The van der Waals surface area contributed by atoms with Gasteiger partial charge in [0, 0.05) is 28.9 Å². The molecule has 1 amide bonds. The molecule has 2 aromatic carbocycles. The molecular formula is C20H24ClN3O. The molecule has 3 rings (SSSR count). The fraction of sp³-hybridized carbons (Fsp3) is 0.350. The van der Waals surface area contributed by atoms with E-state index < -0.39 is 0 Å². The maximum atomic E-state index is 12.7. The zero-order valence-corrected chi connectivity index (χ0v) is 15.4. The Morgan fingerprint density at radius 1 is 1.24 bits per heavy atom. The summed E-state index contributed by atoms with van der Waals surface area (Å²) < 4.78 is 0. The van der Waals surface area contributed by atoms with Crippen molar-refractivity contribution >= 4 is 34.6 Å². The van der Waals surface area contributed by atoms with Crippen LogP contribution in [0.15, 0.2) is 36.4 Å². The summed E-state index contributed by atoms with van der Waals surface area (Å²) in [5.41, 5.74) is 9.84. The minimum atomic E-state index is -0.182. The van der Waals surface area contributed by atoms with Crippen LogP contribution < -0.4 is 16.0 Å². The lowest BCUT2D eigenvalue weighted by molar-refractivity contribution is 0.102. The Labute approximate surface area is 154 Å². The molecule has 1 aliphatic rings. The number of nitrogens with one attached hydrogen (secondary N) is 1. The average molecular weight is 358 g/mol. The lowest BCUT2D eigenvalue weighted by atomic mass is 10.0. The van der Waals surface area contributed by atoms with Crippen molar-refractivity contribution in [1.29, 1.82) is 0 Å². The third kappa shape index (κ3) is 3.90. The zero-order valence-electron chi connectivity index (χ0n) is 14.7. The van der Waals surface area contributed by atoms with Crippen LogP contribution in [-0.2, 0) is 0 Å². The second-order valence-electron chi connectivity index (χ2n) is 6.73. The maximum Gasteiger partial charge on any atom is 0.255 e. The number of amides is 1. The number of hydrogen-bond acceptors (Lipinski definition) is 3. The highest BCUT2D eigenvalue weighted by atomic mass is 35.5. The van der Waals surface area contributed by atoms with Crippen molar-refractivity contribution in [3.63, 3.8) is 0 Å². The lowest BCUT2D eigenvalue weighted by Gasteiger charge is -2.36. The molecule has 2 aromatic rings. The van der Waals surface area contributed by atoms with Crippen LogP contribution in [0.1, 0.15) is 42.1 Å². The highest BCUT2D eigenvalue weighted by Gasteiger charge is 2.22. The van der Waals surface area contributed by atoms with Gasteiger partial charge in [-0.2, -0.15) is 0 Å². The van der Waals surface area contributed by atoms with Crippen molar-refractivity contribution in [3.8, 4) is 0 Å². The number of nitrogens with two attached hydrogens (primary N) is 1. The largest absolute Gasteiger partial charge is 0.399 e. The van der Waals surface area contributed by atoms with Gasteiger partial charge in [0.1, 0.15) is 0 Å². The number of rotatable bonds is 3. The van der Waals surface area contributed by atoms with Gasteiger partial charge >= 0.3 is 0 Å². The number of aryl methyl sites for hydroxylation is 1. The van der Waals surface area contributed by atoms with Crippen molar-refractivity contribution in [1.82, 2.24) is 0 Å². The SMILES string of the molecule is Cc1ccc(C(=O)Nc2cc(N)ccc2N2CCCC[C@H]2C)cc1Cl. The molecule has 0 radical (unpaired) electrons. The molecule has 0 saturated carbocycles. The van der Waals surface area contributed by atoms with Gasteiger partial charge in [-0.1, -0.05) is 17.7 Å². The molecule has 5 heteroatoms. The number of carbonyl (C=O) groups excluding carboxylic acids is 1. The molecule has 0 unspecified atom stereocenters. The predicted octanol–water partition coefficient (Wildman–Crippen LogP) is 4.86. The number of carbonyl (C=O) groups is 1. The minimum absolute atomic E-state index is 0.182. The van der Waals surface area contributed by atoms with Crippen LogP contribution in [0.2, 0.25) is 5.02 Å². The number of piperidine rings is 1. The molecular weight excluding hydrogens is 334 g/mol. The van der Waals surface area contributed by atoms with E-state index in [1.807, 2.05) is 31.2 Å². The quantitative estimate of drug-likeness (QED) is 0.771. The first-order valence-electron chi connectivity index (χ1n) is 8.69. The molecule has 1 atom stereocenters. The fourth-order valence-electron chi connectivity index (χ4n) is 3.29. The monoisotopic (exact) mass is 357 g/mol. The molecule has 4 nitrogen and oxygen atoms in total. The normalized spacial score (nSPS) is 17.4. The van der Waals surface area contributed by atoms with Gasteiger partial charge in [-0.3, -0.25) is 4.79 Å². The van der Waals surface area contributed by atoms with Crippen LogP contribution in [0.3, 0.4) is 0 Å². The van der Waals surface area contributed by atoms with E-state index in [-0.39, 0.29) is 5.91 Å². The smallest absolute Gasteiger partial charge is 0.255 e. The summed E-state index contributed by atoms with van der Waals surface area (Å²) in [6, 6.07) is 11.5. The van der Waals surface area contributed by atoms with Crippen molar-refractivity contribution in [2.75, 3.05) is 22.5 Å². The second-order valence-corrected chi connectivity index (χ2v) is 7.14. The zero-order chi connectivity index (χ0) is 18.0. The van der Waals surface area contributed by atoms with E-state index in [1.54, 1.807) is 12.1 Å². The number of hydrogen-bond donors (Lipinski definition) is 2. The molecule has 1 saturated heterocycles. The Hall–Kier alpha value is -2.20. The molecule has 0 bridgehead atoms. The maximum absolute atomic E-state index is 12.7. The van der Waals surface area contributed by atoms with Crippen LogP contribution in [0.4, 0.5) is 17.1 Å². The van der Waals surface area contributed by atoms with E-state index in [0.29, 0.717) is 22.3 Å². The van der Waals surface area contributed by atoms with Crippen LogP contribution in [-0.4, -0.2) is 18.5 Å². The summed E-state index contributed by atoms with van der Waals surface area (Å²) in [7, 11) is 0. The summed E-state index contributed by atoms with van der Waals surface area (Å²) in [6.07, 6.45) is 3.57. The van der Waals surface area contributed by atoms with E-state index in [2.05, 4.69) is 17.1 Å². The van der Waals surface area contributed by atoms with E-state index in [4.69, 9.17) is 17.3 Å². The van der Waals surface area contributed by atoms with E-state index >= 15 is 0 Å². The molecule has 0 spiro atoms. The first kappa shape index (κ1) is 17.6. The number of nitrogens with zero attached hydrogens (tertiary/aromatic N) is 1. The van der Waals surface area contributed by atoms with E-state index in [9.17, 15) is 4.79 Å². The molecule has 132 valence electrons. The van der Waals surface area contributed by atoms with Crippen LogP contribution in [0, 0.1) is 6.92 Å². The summed E-state index contributed by atoms with van der Waals surface area (Å²) in [4.78, 5) is 15.0. The van der Waals surface area contributed by atoms with Gasteiger partial charge in [-0.05, 0) is 69.0 Å². The number of halogens is 1. The lowest BCUT2D eigenvalue weighted by Crippen LogP contribution is -2.38. The first-order chi connectivity index (χ1) is 12.0. The first-order valence-corrected chi connectivity index (χ1v) is 9.07. The fourth-order valence-corrected chi connectivity index (χ4v) is 3.47. The third-order valence-electron chi connectivity index (χ3n) is 4.82. The van der Waals surface area contributed by atoms with E-state index in [1.165, 1.54) is 6.42 Å². The van der Waals surface area contributed by atoms with Crippen molar-refractivity contribution < 1.29 is 4.79 Å². The molecule has 25 heavy (non-hydrogen) atoms. The van der Waals surface area contributed by atoms with Gasteiger partial charge in [-0.25, -0.2) is 0 Å². The van der Waals surface area contributed by atoms with Crippen LogP contribution in [0.5, 0.6) is 0 Å². The number of nitrogen functional groups attached to an aromatic ring is 1. The Kier molecular flexibility index (Phi) is 5.19.